The van der Waals surface area contributed by atoms with Gasteiger partial charge in [0.25, 0.3) is 0 Å². The Morgan fingerprint density at radius 1 is 1.25 bits per heavy atom. The molecule has 5 heteroatoms. The van der Waals surface area contributed by atoms with Crippen molar-refractivity contribution in [1.29, 1.82) is 0 Å². The zero-order valence-corrected chi connectivity index (χ0v) is 10.6. The summed E-state index contributed by atoms with van der Waals surface area (Å²) in [6.45, 7) is 10.3. The first kappa shape index (κ1) is 11.7. The molecule has 2 rings (SSSR count). The lowest BCUT2D eigenvalue weighted by molar-refractivity contribution is 0.00578. The molecule has 0 aromatic carbocycles. The van der Waals surface area contributed by atoms with Gasteiger partial charge in [-0.05, 0) is 39.7 Å². The van der Waals surface area contributed by atoms with E-state index in [9.17, 15) is 0 Å². The van der Waals surface area contributed by atoms with E-state index < -0.39 is 0 Å². The van der Waals surface area contributed by atoms with Crippen LogP contribution >= 0.6 is 0 Å². The van der Waals surface area contributed by atoms with Gasteiger partial charge in [-0.2, -0.15) is 5.10 Å². The van der Waals surface area contributed by atoms with Crippen molar-refractivity contribution in [2.75, 3.05) is 0 Å². The summed E-state index contributed by atoms with van der Waals surface area (Å²) in [5, 5.41) is 7.02. The van der Waals surface area contributed by atoms with E-state index in [4.69, 9.17) is 9.31 Å². The van der Waals surface area contributed by atoms with Gasteiger partial charge in [0.15, 0.2) is 0 Å². The number of nitrogens with one attached hydrogen (secondary N) is 1. The molecule has 1 aliphatic heterocycles. The monoisotopic (exact) mass is 222 g/mol. The van der Waals surface area contributed by atoms with Crippen LogP contribution in [0.3, 0.4) is 0 Å². The molecule has 0 spiro atoms. The molecule has 2 heterocycles. The molecular formula is C11H19BN2O2. The van der Waals surface area contributed by atoms with Crippen molar-refractivity contribution >= 4 is 12.7 Å². The fourth-order valence-corrected chi connectivity index (χ4v) is 1.77. The highest BCUT2D eigenvalue weighted by molar-refractivity contribution is 6.61. The van der Waals surface area contributed by atoms with Gasteiger partial charge in [0.1, 0.15) is 0 Å². The second-order valence-electron chi connectivity index (χ2n) is 5.25. The van der Waals surface area contributed by atoms with E-state index >= 15 is 0 Å². The molecule has 1 saturated heterocycles. The molecule has 0 aliphatic carbocycles. The lowest BCUT2D eigenvalue weighted by Gasteiger charge is -2.32. The number of hydrogen-bond acceptors (Lipinski definition) is 3. The van der Waals surface area contributed by atoms with Crippen LogP contribution in [0.25, 0.3) is 0 Å². The van der Waals surface area contributed by atoms with Crippen LogP contribution in [0.15, 0.2) is 6.20 Å². The maximum atomic E-state index is 5.96. The van der Waals surface area contributed by atoms with Gasteiger partial charge in [-0.1, -0.05) is 6.92 Å². The normalized spacial score (nSPS) is 22.7. The van der Waals surface area contributed by atoms with Gasteiger partial charge in [-0.15, -0.1) is 0 Å². The van der Waals surface area contributed by atoms with Gasteiger partial charge in [-0.3, -0.25) is 5.10 Å². The van der Waals surface area contributed by atoms with Crippen molar-refractivity contribution in [2.45, 2.75) is 52.2 Å². The molecule has 1 fully saturated rings. The highest BCUT2D eigenvalue weighted by Crippen LogP contribution is 2.36. The van der Waals surface area contributed by atoms with Gasteiger partial charge in [0.2, 0.25) is 0 Å². The highest BCUT2D eigenvalue weighted by atomic mass is 16.7. The number of aromatic nitrogens is 2. The molecule has 1 aromatic heterocycles. The van der Waals surface area contributed by atoms with E-state index in [2.05, 4.69) is 44.8 Å². The maximum Gasteiger partial charge on any atom is 0.514 e. The molecule has 0 radical (unpaired) electrons. The average Bonchev–Trinajstić information content (AvgIpc) is 2.69. The quantitative estimate of drug-likeness (QED) is 0.766. The van der Waals surface area contributed by atoms with Crippen molar-refractivity contribution in [1.82, 2.24) is 10.2 Å². The molecule has 88 valence electrons. The number of nitrogens with zero attached hydrogens (tertiary/aromatic N) is 1. The van der Waals surface area contributed by atoms with Crippen molar-refractivity contribution in [3.8, 4) is 0 Å². The molecule has 1 aliphatic rings. The topological polar surface area (TPSA) is 47.1 Å². The van der Waals surface area contributed by atoms with Crippen LogP contribution in [0.2, 0.25) is 0 Å². The second-order valence-corrected chi connectivity index (χ2v) is 5.25. The summed E-state index contributed by atoms with van der Waals surface area (Å²) in [5.74, 6) is 0. The van der Waals surface area contributed by atoms with Crippen LogP contribution in [0, 0.1) is 0 Å². The predicted molar refractivity (Wildman–Crippen MR) is 63.7 cm³/mol. The van der Waals surface area contributed by atoms with E-state index in [-0.39, 0.29) is 18.3 Å². The number of rotatable bonds is 2. The third-order valence-electron chi connectivity index (χ3n) is 3.62. The lowest BCUT2D eigenvalue weighted by atomic mass is 9.81. The number of H-pyrrole nitrogens is 1. The van der Waals surface area contributed by atoms with E-state index in [0.717, 1.165) is 17.6 Å². The first-order valence-electron chi connectivity index (χ1n) is 5.75. The zero-order valence-electron chi connectivity index (χ0n) is 10.6. The second kappa shape index (κ2) is 3.60. The van der Waals surface area contributed by atoms with Crippen LogP contribution < -0.4 is 5.59 Å². The first-order chi connectivity index (χ1) is 7.37. The Morgan fingerprint density at radius 2 is 1.81 bits per heavy atom. The molecule has 0 unspecified atom stereocenters. The van der Waals surface area contributed by atoms with Crippen LogP contribution in [-0.2, 0) is 15.7 Å². The zero-order chi connectivity index (χ0) is 12.0. The van der Waals surface area contributed by atoms with Crippen molar-refractivity contribution in [3.63, 3.8) is 0 Å². The van der Waals surface area contributed by atoms with Crippen LogP contribution in [-0.4, -0.2) is 28.5 Å². The van der Waals surface area contributed by atoms with Gasteiger partial charge < -0.3 is 9.31 Å². The smallest absolute Gasteiger partial charge is 0.398 e. The molecular weight excluding hydrogens is 203 g/mol. The molecule has 0 saturated carbocycles. The Balaban J connectivity index is 2.27. The fraction of sp³-hybridized carbons (Fsp3) is 0.727. The fourth-order valence-electron chi connectivity index (χ4n) is 1.77. The minimum atomic E-state index is -0.331. The first-order valence-corrected chi connectivity index (χ1v) is 5.75. The SMILES string of the molecule is CCc1cn[nH]c1B1OC(C)(C)C(C)(C)O1. The Kier molecular flexibility index (Phi) is 2.63. The van der Waals surface area contributed by atoms with E-state index in [1.807, 2.05) is 6.20 Å². The van der Waals surface area contributed by atoms with Crippen molar-refractivity contribution < 1.29 is 9.31 Å². The van der Waals surface area contributed by atoms with Gasteiger partial charge in [-0.25, -0.2) is 0 Å². The lowest BCUT2D eigenvalue weighted by Crippen LogP contribution is -2.41. The third-order valence-corrected chi connectivity index (χ3v) is 3.62. The Labute approximate surface area is 96.9 Å². The molecule has 4 nitrogen and oxygen atoms in total. The van der Waals surface area contributed by atoms with E-state index in [1.165, 1.54) is 0 Å². The Bertz CT molecular complexity index is 371. The van der Waals surface area contributed by atoms with Crippen LogP contribution in [0.5, 0.6) is 0 Å². The highest BCUT2D eigenvalue weighted by Gasteiger charge is 2.52. The molecule has 1 N–H and O–H groups in total. The molecule has 16 heavy (non-hydrogen) atoms. The number of aromatic amines is 1. The molecule has 0 bridgehead atoms. The number of hydrogen-bond donors (Lipinski definition) is 1. The number of aryl methyl sites for hydroxylation is 1. The summed E-state index contributed by atoms with van der Waals surface area (Å²) < 4.78 is 11.9. The predicted octanol–water partition coefficient (Wildman–Crippen LogP) is 1.27. The largest absolute Gasteiger partial charge is 0.514 e. The Morgan fingerprint density at radius 3 is 2.31 bits per heavy atom. The summed E-state index contributed by atoms with van der Waals surface area (Å²) in [7, 11) is -0.331. The van der Waals surface area contributed by atoms with Gasteiger partial charge in [0.05, 0.1) is 23.0 Å². The average molecular weight is 222 g/mol. The van der Waals surface area contributed by atoms with Gasteiger partial charge >= 0.3 is 7.12 Å². The summed E-state index contributed by atoms with van der Waals surface area (Å²) >= 11 is 0. The minimum Gasteiger partial charge on any atom is -0.398 e. The summed E-state index contributed by atoms with van der Waals surface area (Å²) in [4.78, 5) is 0. The molecule has 0 atom stereocenters. The summed E-state index contributed by atoms with van der Waals surface area (Å²) in [5.41, 5.74) is 1.50. The van der Waals surface area contributed by atoms with E-state index in [1.54, 1.807) is 0 Å². The molecule has 1 aromatic rings. The summed E-state index contributed by atoms with van der Waals surface area (Å²) in [6, 6.07) is 0. The minimum absolute atomic E-state index is 0.298. The summed E-state index contributed by atoms with van der Waals surface area (Å²) in [6.07, 6.45) is 2.76. The third kappa shape index (κ3) is 1.68. The standard InChI is InChI=1S/C11H19BN2O2/c1-6-8-7-13-14-9(8)12-15-10(2,3)11(4,5)16-12/h7H,6H2,1-5H3,(H,13,14). The Hall–Kier alpha value is -0.805. The van der Waals surface area contributed by atoms with Crippen LogP contribution in [0.4, 0.5) is 0 Å². The van der Waals surface area contributed by atoms with Crippen LogP contribution in [0.1, 0.15) is 40.2 Å². The molecule has 0 amide bonds. The van der Waals surface area contributed by atoms with E-state index in [0.29, 0.717) is 0 Å². The van der Waals surface area contributed by atoms with Crippen molar-refractivity contribution in [3.05, 3.63) is 11.8 Å². The van der Waals surface area contributed by atoms with Crippen molar-refractivity contribution in [2.24, 2.45) is 0 Å². The maximum absolute atomic E-state index is 5.96. The van der Waals surface area contributed by atoms with Gasteiger partial charge in [0, 0.05) is 0 Å².